The Morgan fingerprint density at radius 3 is 2.96 bits per heavy atom. The molecule has 0 aliphatic carbocycles. The highest BCUT2D eigenvalue weighted by molar-refractivity contribution is 5.89. The van der Waals surface area contributed by atoms with E-state index in [9.17, 15) is 0 Å². The summed E-state index contributed by atoms with van der Waals surface area (Å²) < 4.78 is 12.5. The number of hydrogen-bond acceptors (Lipinski definition) is 5. The van der Waals surface area contributed by atoms with Crippen molar-refractivity contribution in [2.75, 3.05) is 32.2 Å². The lowest BCUT2D eigenvalue weighted by Crippen LogP contribution is -2.09. The van der Waals surface area contributed by atoms with Gasteiger partial charge in [-0.3, -0.25) is 0 Å². The predicted octanol–water partition coefficient (Wildman–Crippen LogP) is 2.82. The van der Waals surface area contributed by atoms with Gasteiger partial charge in [0.2, 0.25) is 0 Å². The largest absolute Gasteiger partial charge is 0.382 e. The summed E-state index contributed by atoms with van der Waals surface area (Å²) in [7, 11) is 1.66. The maximum atomic E-state index is 5.52. The molecule has 0 spiro atoms. The fourth-order valence-electron chi connectivity index (χ4n) is 2.51. The molecular formula is C19H20N4O2. The number of terminal acetylenes is 1. The molecule has 6 heteroatoms. The average Bonchev–Trinajstić information content (AvgIpc) is 3.06. The second kappa shape index (κ2) is 8.29. The van der Waals surface area contributed by atoms with Crippen LogP contribution in [0.5, 0.6) is 0 Å². The Kier molecular flexibility index (Phi) is 5.62. The second-order valence-corrected chi connectivity index (χ2v) is 5.42. The van der Waals surface area contributed by atoms with Crippen LogP contribution in [0.15, 0.2) is 42.9 Å². The minimum atomic E-state index is 0.586. The summed E-state index contributed by atoms with van der Waals surface area (Å²) in [5, 5.41) is 4.26. The summed E-state index contributed by atoms with van der Waals surface area (Å²) >= 11 is 0. The second-order valence-electron chi connectivity index (χ2n) is 5.42. The fourth-order valence-corrected chi connectivity index (χ4v) is 2.51. The van der Waals surface area contributed by atoms with Crippen molar-refractivity contribution in [1.29, 1.82) is 0 Å². The molecule has 0 unspecified atom stereocenters. The summed E-state index contributed by atoms with van der Waals surface area (Å²) in [6.07, 6.45) is 9.00. The number of nitrogens with one attached hydrogen (secondary N) is 1. The SMILES string of the molecule is C#Cc1cccc(Nc2ncnc3c2ccn3CCOCCOC)c1. The van der Waals surface area contributed by atoms with Crippen LogP contribution in [-0.4, -0.2) is 41.5 Å². The standard InChI is InChI=1S/C19H20N4O2/c1-3-15-5-4-6-16(13-15)22-18-17-7-8-23(19(17)21-14-20-18)9-10-25-12-11-24-2/h1,4-8,13-14H,9-12H2,2H3,(H,20,21,22). The fraction of sp³-hybridized carbons (Fsp3) is 0.263. The smallest absolute Gasteiger partial charge is 0.145 e. The third-order valence-corrected chi connectivity index (χ3v) is 3.76. The average molecular weight is 336 g/mol. The number of fused-ring (bicyclic) bond motifs is 1. The van der Waals surface area contributed by atoms with E-state index >= 15 is 0 Å². The highest BCUT2D eigenvalue weighted by atomic mass is 16.5. The highest BCUT2D eigenvalue weighted by Gasteiger charge is 2.08. The Bertz CT molecular complexity index is 883. The molecule has 3 rings (SSSR count). The zero-order valence-corrected chi connectivity index (χ0v) is 14.1. The molecule has 3 aromatic rings. The maximum absolute atomic E-state index is 5.52. The molecule has 128 valence electrons. The van der Waals surface area contributed by atoms with Crippen LogP contribution in [-0.2, 0) is 16.0 Å². The van der Waals surface area contributed by atoms with Gasteiger partial charge in [0, 0.05) is 31.1 Å². The van der Waals surface area contributed by atoms with E-state index in [0.29, 0.717) is 19.8 Å². The summed E-state index contributed by atoms with van der Waals surface area (Å²) in [6, 6.07) is 9.67. The zero-order chi connectivity index (χ0) is 17.5. The molecule has 0 aliphatic rings. The topological polar surface area (TPSA) is 61.2 Å². The predicted molar refractivity (Wildman–Crippen MR) is 97.9 cm³/mol. The molecule has 0 saturated heterocycles. The van der Waals surface area contributed by atoms with E-state index in [-0.39, 0.29) is 0 Å². The van der Waals surface area contributed by atoms with E-state index in [1.165, 1.54) is 0 Å². The third kappa shape index (κ3) is 4.15. The van der Waals surface area contributed by atoms with Gasteiger partial charge in [-0.05, 0) is 24.3 Å². The number of rotatable bonds is 8. The van der Waals surface area contributed by atoms with Crippen molar-refractivity contribution in [3.8, 4) is 12.3 Å². The molecule has 2 aromatic heterocycles. The molecule has 0 radical (unpaired) electrons. The van der Waals surface area contributed by atoms with E-state index in [1.54, 1.807) is 13.4 Å². The molecule has 0 fully saturated rings. The van der Waals surface area contributed by atoms with Gasteiger partial charge in [-0.2, -0.15) is 0 Å². The van der Waals surface area contributed by atoms with Crippen molar-refractivity contribution in [3.63, 3.8) is 0 Å². The van der Waals surface area contributed by atoms with Crippen molar-refractivity contribution in [3.05, 3.63) is 48.4 Å². The maximum Gasteiger partial charge on any atom is 0.145 e. The molecule has 0 aliphatic heterocycles. The minimum Gasteiger partial charge on any atom is -0.382 e. The first kappa shape index (κ1) is 17.0. The van der Waals surface area contributed by atoms with Crippen molar-refractivity contribution in [2.45, 2.75) is 6.54 Å². The molecule has 0 bridgehead atoms. The van der Waals surface area contributed by atoms with E-state index in [1.807, 2.05) is 41.1 Å². The van der Waals surface area contributed by atoms with Gasteiger partial charge in [0.05, 0.1) is 25.2 Å². The van der Waals surface area contributed by atoms with Gasteiger partial charge < -0.3 is 19.4 Å². The van der Waals surface area contributed by atoms with Crippen molar-refractivity contribution in [1.82, 2.24) is 14.5 Å². The van der Waals surface area contributed by atoms with E-state index in [0.717, 1.165) is 34.6 Å². The number of anilines is 2. The molecule has 1 N–H and O–H groups in total. The van der Waals surface area contributed by atoms with Crippen LogP contribution >= 0.6 is 0 Å². The first-order valence-corrected chi connectivity index (χ1v) is 8.02. The number of ether oxygens (including phenoxy) is 2. The van der Waals surface area contributed by atoms with Crippen LogP contribution in [0.25, 0.3) is 11.0 Å². The minimum absolute atomic E-state index is 0.586. The normalized spacial score (nSPS) is 10.7. The number of hydrogen-bond donors (Lipinski definition) is 1. The van der Waals surface area contributed by atoms with Gasteiger partial charge in [-0.1, -0.05) is 12.0 Å². The van der Waals surface area contributed by atoms with Crippen molar-refractivity contribution < 1.29 is 9.47 Å². The summed E-state index contributed by atoms with van der Waals surface area (Å²) in [6.45, 7) is 2.50. The summed E-state index contributed by atoms with van der Waals surface area (Å²) in [4.78, 5) is 8.75. The molecular weight excluding hydrogens is 316 g/mol. The van der Waals surface area contributed by atoms with Gasteiger partial charge in [-0.25, -0.2) is 9.97 Å². The lowest BCUT2D eigenvalue weighted by atomic mass is 10.2. The Morgan fingerprint density at radius 2 is 2.12 bits per heavy atom. The van der Waals surface area contributed by atoms with E-state index in [2.05, 4.69) is 21.2 Å². The van der Waals surface area contributed by atoms with Crippen LogP contribution in [0.4, 0.5) is 11.5 Å². The van der Waals surface area contributed by atoms with Gasteiger partial charge in [0.25, 0.3) is 0 Å². The Morgan fingerprint density at radius 1 is 1.20 bits per heavy atom. The van der Waals surface area contributed by atoms with E-state index in [4.69, 9.17) is 15.9 Å². The summed E-state index contributed by atoms with van der Waals surface area (Å²) in [5.41, 5.74) is 2.58. The highest BCUT2D eigenvalue weighted by Crippen LogP contribution is 2.24. The van der Waals surface area contributed by atoms with Crippen LogP contribution in [0.2, 0.25) is 0 Å². The molecule has 0 amide bonds. The van der Waals surface area contributed by atoms with Gasteiger partial charge in [-0.15, -0.1) is 6.42 Å². The Hall–Kier alpha value is -2.88. The third-order valence-electron chi connectivity index (χ3n) is 3.76. The van der Waals surface area contributed by atoms with Gasteiger partial charge in [0.15, 0.2) is 0 Å². The monoisotopic (exact) mass is 336 g/mol. The molecule has 25 heavy (non-hydrogen) atoms. The summed E-state index contributed by atoms with van der Waals surface area (Å²) in [5.74, 6) is 3.38. The van der Waals surface area contributed by atoms with Crippen molar-refractivity contribution in [2.24, 2.45) is 0 Å². The number of benzene rings is 1. The van der Waals surface area contributed by atoms with Gasteiger partial charge in [0.1, 0.15) is 17.8 Å². The molecule has 1 aromatic carbocycles. The van der Waals surface area contributed by atoms with Crippen LogP contribution in [0.1, 0.15) is 5.56 Å². The lowest BCUT2D eigenvalue weighted by molar-refractivity contribution is 0.0669. The number of methoxy groups -OCH3 is 1. The van der Waals surface area contributed by atoms with Crippen LogP contribution in [0, 0.1) is 12.3 Å². The molecule has 0 atom stereocenters. The van der Waals surface area contributed by atoms with Gasteiger partial charge >= 0.3 is 0 Å². The first-order chi connectivity index (χ1) is 12.3. The molecule has 2 heterocycles. The Labute approximate surface area is 146 Å². The van der Waals surface area contributed by atoms with Crippen molar-refractivity contribution >= 4 is 22.5 Å². The van der Waals surface area contributed by atoms with Crippen LogP contribution < -0.4 is 5.32 Å². The quantitative estimate of drug-likeness (QED) is 0.506. The van der Waals surface area contributed by atoms with E-state index < -0.39 is 0 Å². The molecule has 6 nitrogen and oxygen atoms in total. The molecule has 0 saturated carbocycles. The Balaban J connectivity index is 1.75. The number of nitrogens with zero attached hydrogens (tertiary/aromatic N) is 3. The van der Waals surface area contributed by atoms with Crippen LogP contribution in [0.3, 0.4) is 0 Å². The zero-order valence-electron chi connectivity index (χ0n) is 14.1. The first-order valence-electron chi connectivity index (χ1n) is 8.02. The lowest BCUT2D eigenvalue weighted by Gasteiger charge is -2.08. The number of aromatic nitrogens is 3.